The molecule has 1 unspecified atom stereocenters. The number of aromatic hydroxyl groups is 1. The fourth-order valence-corrected chi connectivity index (χ4v) is 5.99. The minimum absolute atomic E-state index is 0.108. The van der Waals surface area contributed by atoms with E-state index >= 15 is 0 Å². The fourth-order valence-electron chi connectivity index (χ4n) is 5.99. The third-order valence-corrected chi connectivity index (χ3v) is 7.38. The van der Waals surface area contributed by atoms with Crippen LogP contribution < -0.4 is 10.2 Å². The lowest BCUT2D eigenvalue weighted by molar-refractivity contribution is -0.153. The Hall–Kier alpha value is -1.51. The summed E-state index contributed by atoms with van der Waals surface area (Å²) in [5.74, 6) is 0.0512. The van der Waals surface area contributed by atoms with Crippen molar-refractivity contribution in [2.45, 2.75) is 63.3 Å². The van der Waals surface area contributed by atoms with Crippen LogP contribution in [0.4, 0.5) is 13.2 Å². The number of hydrogen-bond donors (Lipinski definition) is 4. The zero-order chi connectivity index (χ0) is 20.3. The number of alkyl halides is 3. The number of phenols is 1. The van der Waals surface area contributed by atoms with Crippen molar-refractivity contribution in [2.24, 2.45) is 17.3 Å². The van der Waals surface area contributed by atoms with Crippen molar-refractivity contribution in [3.05, 3.63) is 23.3 Å². The molecule has 4 N–H and O–H groups in total. The third kappa shape index (κ3) is 3.15. The molecule has 5 nitrogen and oxygen atoms in total. The standard InChI is InChI=1S/C20H26F3NO4/c1-19-5-4-10-11-8-17(28-9-20(21,22)23)16(25)7-13(11)15(24-27)6-12(10)14(19)2-3-18(19)26/h7-8,10,12,14-15,18,24-27H,2-6,9H2,1H3/t10-,12-,14+,15?,18+,19+/m1/s1. The highest BCUT2D eigenvalue weighted by Crippen LogP contribution is 2.62. The van der Waals surface area contributed by atoms with Gasteiger partial charge >= 0.3 is 6.18 Å². The summed E-state index contributed by atoms with van der Waals surface area (Å²) in [6, 6.07) is 2.49. The van der Waals surface area contributed by atoms with Crippen molar-refractivity contribution in [2.75, 3.05) is 6.61 Å². The number of ether oxygens (including phenoxy) is 1. The minimum atomic E-state index is -4.49. The zero-order valence-electron chi connectivity index (χ0n) is 15.7. The van der Waals surface area contributed by atoms with Crippen LogP contribution in [0.1, 0.15) is 62.1 Å². The molecule has 156 valence electrons. The van der Waals surface area contributed by atoms with Gasteiger partial charge in [0.05, 0.1) is 12.1 Å². The Balaban J connectivity index is 1.70. The van der Waals surface area contributed by atoms with Crippen LogP contribution in [-0.4, -0.2) is 34.3 Å². The van der Waals surface area contributed by atoms with E-state index in [0.29, 0.717) is 17.9 Å². The normalized spacial score (nSPS) is 37.1. The van der Waals surface area contributed by atoms with E-state index in [1.54, 1.807) is 0 Å². The van der Waals surface area contributed by atoms with Crippen LogP contribution in [0.5, 0.6) is 11.5 Å². The van der Waals surface area contributed by atoms with Crippen LogP contribution in [0.3, 0.4) is 0 Å². The Bertz CT molecular complexity index is 756. The maximum atomic E-state index is 12.6. The van der Waals surface area contributed by atoms with E-state index in [2.05, 4.69) is 12.4 Å². The average molecular weight is 401 g/mol. The van der Waals surface area contributed by atoms with Gasteiger partial charge in [0.2, 0.25) is 0 Å². The first-order valence-corrected chi connectivity index (χ1v) is 9.78. The van der Waals surface area contributed by atoms with Gasteiger partial charge in [0.25, 0.3) is 0 Å². The predicted octanol–water partition coefficient (Wildman–Crippen LogP) is 4.03. The molecule has 4 rings (SSSR count). The Morgan fingerprint density at radius 1 is 1.21 bits per heavy atom. The van der Waals surface area contributed by atoms with Gasteiger partial charge in [-0.25, -0.2) is 0 Å². The van der Waals surface area contributed by atoms with Gasteiger partial charge in [-0.05, 0) is 78.5 Å². The van der Waals surface area contributed by atoms with Gasteiger partial charge in [-0.2, -0.15) is 18.7 Å². The molecule has 3 aliphatic carbocycles. The van der Waals surface area contributed by atoms with E-state index in [9.17, 15) is 28.6 Å². The highest BCUT2D eigenvalue weighted by Gasteiger charge is 2.55. The maximum absolute atomic E-state index is 12.6. The topological polar surface area (TPSA) is 82.0 Å². The molecule has 0 amide bonds. The summed E-state index contributed by atoms with van der Waals surface area (Å²) in [6.07, 6.45) is -0.868. The molecule has 8 heteroatoms. The van der Waals surface area contributed by atoms with E-state index in [1.165, 1.54) is 12.1 Å². The molecule has 1 aromatic rings. The Morgan fingerprint density at radius 3 is 2.64 bits per heavy atom. The molecule has 2 saturated carbocycles. The molecule has 0 aliphatic heterocycles. The van der Waals surface area contributed by atoms with Gasteiger partial charge in [0.1, 0.15) is 0 Å². The average Bonchev–Trinajstić information content (AvgIpc) is 2.93. The Morgan fingerprint density at radius 2 is 1.96 bits per heavy atom. The second kappa shape index (κ2) is 6.78. The van der Waals surface area contributed by atoms with Crippen molar-refractivity contribution in [1.29, 1.82) is 0 Å². The molecule has 0 aromatic heterocycles. The maximum Gasteiger partial charge on any atom is 0.422 e. The van der Waals surface area contributed by atoms with Gasteiger partial charge in [-0.15, -0.1) is 0 Å². The quantitative estimate of drug-likeness (QED) is 0.575. The molecular formula is C20H26F3NO4. The summed E-state index contributed by atoms with van der Waals surface area (Å²) in [5.41, 5.74) is 3.66. The van der Waals surface area contributed by atoms with Crippen LogP contribution in [-0.2, 0) is 0 Å². The van der Waals surface area contributed by atoms with Crippen LogP contribution in [0.2, 0.25) is 0 Å². The van der Waals surface area contributed by atoms with E-state index in [-0.39, 0.29) is 34.9 Å². The molecule has 0 bridgehead atoms. The second-order valence-electron chi connectivity index (χ2n) is 8.78. The number of hydrogen-bond acceptors (Lipinski definition) is 5. The summed E-state index contributed by atoms with van der Waals surface area (Å²) >= 11 is 0. The number of rotatable bonds is 3. The van der Waals surface area contributed by atoms with Crippen LogP contribution in [0, 0.1) is 17.3 Å². The molecule has 0 spiro atoms. The van der Waals surface area contributed by atoms with Crippen molar-refractivity contribution < 1.29 is 33.3 Å². The molecule has 2 fully saturated rings. The van der Waals surface area contributed by atoms with Crippen molar-refractivity contribution in [1.82, 2.24) is 5.48 Å². The van der Waals surface area contributed by atoms with E-state index in [0.717, 1.165) is 31.2 Å². The first-order valence-electron chi connectivity index (χ1n) is 9.78. The SMILES string of the molecule is C[C@]12CC[C@@H]3c4cc(OCC(F)(F)F)c(O)cc4C(NO)C[C@H]3[C@@H]1CC[C@@H]2O. The molecule has 28 heavy (non-hydrogen) atoms. The fraction of sp³-hybridized carbons (Fsp3) is 0.700. The lowest BCUT2D eigenvalue weighted by atomic mass is 9.55. The van der Waals surface area contributed by atoms with Crippen molar-refractivity contribution in [3.8, 4) is 11.5 Å². The summed E-state index contributed by atoms with van der Waals surface area (Å²) in [5, 5.41) is 30.4. The third-order valence-electron chi connectivity index (χ3n) is 7.38. The predicted molar refractivity (Wildman–Crippen MR) is 94.2 cm³/mol. The highest BCUT2D eigenvalue weighted by atomic mass is 19.4. The first-order chi connectivity index (χ1) is 13.1. The monoisotopic (exact) mass is 401 g/mol. The number of phenolic OH excluding ortho intramolecular Hbond substituents is 1. The second-order valence-corrected chi connectivity index (χ2v) is 8.78. The number of aliphatic hydroxyl groups is 1. The number of fused-ring (bicyclic) bond motifs is 5. The number of aliphatic hydroxyl groups excluding tert-OH is 1. The van der Waals surface area contributed by atoms with E-state index in [1.807, 2.05) is 0 Å². The smallest absolute Gasteiger partial charge is 0.422 e. The Labute approximate surface area is 161 Å². The van der Waals surface area contributed by atoms with Gasteiger partial charge in [0.15, 0.2) is 18.1 Å². The number of nitrogens with one attached hydrogen (secondary N) is 1. The van der Waals surface area contributed by atoms with Crippen LogP contribution >= 0.6 is 0 Å². The van der Waals surface area contributed by atoms with Crippen molar-refractivity contribution >= 4 is 0 Å². The van der Waals surface area contributed by atoms with Crippen molar-refractivity contribution in [3.63, 3.8) is 0 Å². The van der Waals surface area contributed by atoms with E-state index < -0.39 is 18.8 Å². The van der Waals surface area contributed by atoms with Crippen LogP contribution in [0.15, 0.2) is 12.1 Å². The van der Waals surface area contributed by atoms with Gasteiger partial charge in [-0.3, -0.25) is 0 Å². The Kier molecular flexibility index (Phi) is 4.79. The number of hydroxylamine groups is 1. The first kappa shape index (κ1) is 19.8. The van der Waals surface area contributed by atoms with Crippen LogP contribution in [0.25, 0.3) is 0 Å². The summed E-state index contributed by atoms with van der Waals surface area (Å²) < 4.78 is 42.5. The molecular weight excluding hydrogens is 375 g/mol. The molecule has 3 aliphatic rings. The summed E-state index contributed by atoms with van der Waals surface area (Å²) in [4.78, 5) is 0. The lowest BCUT2D eigenvalue weighted by Crippen LogP contribution is -2.45. The van der Waals surface area contributed by atoms with Gasteiger partial charge in [-0.1, -0.05) is 6.92 Å². The molecule has 6 atom stereocenters. The molecule has 1 aromatic carbocycles. The van der Waals surface area contributed by atoms with E-state index in [4.69, 9.17) is 4.74 Å². The summed E-state index contributed by atoms with van der Waals surface area (Å²) in [7, 11) is 0. The zero-order valence-corrected chi connectivity index (χ0v) is 15.7. The highest BCUT2D eigenvalue weighted by molar-refractivity contribution is 5.50. The van der Waals surface area contributed by atoms with Gasteiger partial charge < -0.3 is 20.2 Å². The largest absolute Gasteiger partial charge is 0.504 e. The number of benzene rings is 1. The number of halogens is 3. The van der Waals surface area contributed by atoms with Gasteiger partial charge in [0, 0.05) is 0 Å². The lowest BCUT2D eigenvalue weighted by Gasteiger charge is -2.51. The molecule has 0 heterocycles. The summed E-state index contributed by atoms with van der Waals surface area (Å²) in [6.45, 7) is 0.652. The molecule has 0 saturated heterocycles. The minimum Gasteiger partial charge on any atom is -0.504 e. The molecule has 0 radical (unpaired) electrons.